The second-order valence-electron chi connectivity index (χ2n) is 4.44. The molecule has 1 heterocycles. The lowest BCUT2D eigenvalue weighted by Crippen LogP contribution is -2.09. The molecule has 0 aliphatic rings. The van der Waals surface area contributed by atoms with Gasteiger partial charge in [0.1, 0.15) is 0 Å². The van der Waals surface area contributed by atoms with Crippen molar-refractivity contribution < 1.29 is 18.3 Å². The molecule has 1 aromatic heterocycles. The average molecular weight is 292 g/mol. The SMILES string of the molecule is COC(=O)c1ccc(NCc2ccc(C)nc2)c(F)c1F. The number of ether oxygens (including phenoxy) is 1. The molecule has 4 nitrogen and oxygen atoms in total. The van der Waals surface area contributed by atoms with E-state index in [1.165, 1.54) is 12.1 Å². The normalized spacial score (nSPS) is 10.3. The highest BCUT2D eigenvalue weighted by molar-refractivity contribution is 5.90. The van der Waals surface area contributed by atoms with E-state index in [1.54, 1.807) is 6.20 Å². The van der Waals surface area contributed by atoms with Crippen LogP contribution in [-0.4, -0.2) is 18.1 Å². The maximum absolute atomic E-state index is 13.9. The van der Waals surface area contributed by atoms with E-state index in [2.05, 4.69) is 15.0 Å². The third-order valence-electron chi connectivity index (χ3n) is 2.94. The molecule has 110 valence electrons. The van der Waals surface area contributed by atoms with E-state index in [0.29, 0.717) is 6.54 Å². The zero-order valence-electron chi connectivity index (χ0n) is 11.6. The minimum atomic E-state index is -1.23. The lowest BCUT2D eigenvalue weighted by molar-refractivity contribution is 0.0594. The lowest BCUT2D eigenvalue weighted by Gasteiger charge is -2.10. The Bertz CT molecular complexity index is 657. The molecule has 1 aromatic carbocycles. The Labute approximate surface area is 120 Å². The molecule has 21 heavy (non-hydrogen) atoms. The van der Waals surface area contributed by atoms with Crippen molar-refractivity contribution in [2.45, 2.75) is 13.5 Å². The monoisotopic (exact) mass is 292 g/mol. The molecule has 0 amide bonds. The molecule has 0 bridgehead atoms. The van der Waals surface area contributed by atoms with Gasteiger partial charge in [-0.2, -0.15) is 0 Å². The summed E-state index contributed by atoms with van der Waals surface area (Å²) in [4.78, 5) is 15.4. The van der Waals surface area contributed by atoms with Crippen molar-refractivity contribution in [1.29, 1.82) is 0 Å². The summed E-state index contributed by atoms with van der Waals surface area (Å²) in [7, 11) is 1.11. The summed E-state index contributed by atoms with van der Waals surface area (Å²) < 4.78 is 32.0. The summed E-state index contributed by atoms with van der Waals surface area (Å²) >= 11 is 0. The Morgan fingerprint density at radius 3 is 2.62 bits per heavy atom. The van der Waals surface area contributed by atoms with Crippen molar-refractivity contribution >= 4 is 11.7 Å². The fourth-order valence-electron chi connectivity index (χ4n) is 1.75. The highest BCUT2D eigenvalue weighted by Crippen LogP contribution is 2.21. The van der Waals surface area contributed by atoms with Crippen molar-refractivity contribution in [2.24, 2.45) is 0 Å². The van der Waals surface area contributed by atoms with Crippen LogP contribution in [0.15, 0.2) is 30.5 Å². The average Bonchev–Trinajstić information content (AvgIpc) is 2.49. The van der Waals surface area contributed by atoms with Crippen molar-refractivity contribution in [3.05, 3.63) is 58.9 Å². The van der Waals surface area contributed by atoms with E-state index in [-0.39, 0.29) is 5.69 Å². The highest BCUT2D eigenvalue weighted by atomic mass is 19.2. The van der Waals surface area contributed by atoms with E-state index in [4.69, 9.17) is 0 Å². The smallest absolute Gasteiger partial charge is 0.340 e. The number of aromatic nitrogens is 1. The van der Waals surface area contributed by atoms with Crippen LogP contribution in [-0.2, 0) is 11.3 Å². The van der Waals surface area contributed by atoms with Gasteiger partial charge >= 0.3 is 5.97 Å². The molecule has 0 saturated heterocycles. The number of benzene rings is 1. The molecule has 2 aromatic rings. The Kier molecular flexibility index (Phi) is 4.47. The van der Waals surface area contributed by atoms with Gasteiger partial charge in [-0.3, -0.25) is 4.98 Å². The number of methoxy groups -OCH3 is 1. The fourth-order valence-corrected chi connectivity index (χ4v) is 1.75. The summed E-state index contributed by atoms with van der Waals surface area (Å²) in [6, 6.07) is 6.15. The van der Waals surface area contributed by atoms with Crippen molar-refractivity contribution in [2.75, 3.05) is 12.4 Å². The second kappa shape index (κ2) is 6.30. The Balaban J connectivity index is 2.16. The third-order valence-corrected chi connectivity index (χ3v) is 2.94. The number of nitrogens with one attached hydrogen (secondary N) is 1. The number of pyridine rings is 1. The minimum absolute atomic E-state index is 0.0271. The molecule has 0 fully saturated rings. The Morgan fingerprint density at radius 2 is 2.00 bits per heavy atom. The van der Waals surface area contributed by atoms with Gasteiger partial charge in [-0.05, 0) is 30.7 Å². The first-order chi connectivity index (χ1) is 10.0. The van der Waals surface area contributed by atoms with Crippen LogP contribution < -0.4 is 5.32 Å². The molecule has 0 spiro atoms. The zero-order valence-corrected chi connectivity index (χ0v) is 11.6. The van der Waals surface area contributed by atoms with E-state index in [9.17, 15) is 13.6 Å². The van der Waals surface area contributed by atoms with Crippen LogP contribution in [0, 0.1) is 18.6 Å². The standard InChI is InChI=1S/C15H14F2N2O2/c1-9-3-4-10(7-18-9)8-19-12-6-5-11(15(20)21-2)13(16)14(12)17/h3-7,19H,8H2,1-2H3. The molecule has 0 unspecified atom stereocenters. The molecule has 0 radical (unpaired) electrons. The van der Waals surface area contributed by atoms with Crippen LogP contribution in [0.2, 0.25) is 0 Å². The van der Waals surface area contributed by atoms with Gasteiger partial charge in [0.15, 0.2) is 11.6 Å². The quantitative estimate of drug-likeness (QED) is 0.880. The van der Waals surface area contributed by atoms with Crippen molar-refractivity contribution in [3.63, 3.8) is 0 Å². The van der Waals surface area contributed by atoms with Gasteiger partial charge in [-0.25, -0.2) is 13.6 Å². The van der Waals surface area contributed by atoms with Crippen molar-refractivity contribution in [1.82, 2.24) is 4.98 Å². The van der Waals surface area contributed by atoms with E-state index in [0.717, 1.165) is 18.4 Å². The summed E-state index contributed by atoms with van der Waals surface area (Å²) in [6.45, 7) is 2.15. The molecule has 2 rings (SSSR count). The van der Waals surface area contributed by atoms with E-state index >= 15 is 0 Å². The van der Waals surface area contributed by atoms with Gasteiger partial charge in [-0.1, -0.05) is 6.07 Å². The van der Waals surface area contributed by atoms with Gasteiger partial charge in [-0.15, -0.1) is 0 Å². The molecule has 0 atom stereocenters. The van der Waals surface area contributed by atoms with E-state index in [1.807, 2.05) is 19.1 Å². The van der Waals surface area contributed by atoms with Crippen LogP contribution in [0.1, 0.15) is 21.6 Å². The van der Waals surface area contributed by atoms with Crippen LogP contribution in [0.5, 0.6) is 0 Å². The van der Waals surface area contributed by atoms with Gasteiger partial charge < -0.3 is 10.1 Å². The van der Waals surface area contributed by atoms with Gasteiger partial charge in [0, 0.05) is 18.4 Å². The van der Waals surface area contributed by atoms with Crippen molar-refractivity contribution in [3.8, 4) is 0 Å². The zero-order chi connectivity index (χ0) is 15.4. The highest BCUT2D eigenvalue weighted by Gasteiger charge is 2.18. The molecule has 0 aliphatic heterocycles. The number of hydrogen-bond donors (Lipinski definition) is 1. The minimum Gasteiger partial charge on any atom is -0.465 e. The maximum Gasteiger partial charge on any atom is 0.340 e. The number of aryl methyl sites for hydroxylation is 1. The molecule has 0 saturated carbocycles. The van der Waals surface area contributed by atoms with Gasteiger partial charge in [0.05, 0.1) is 18.4 Å². The number of rotatable bonds is 4. The summed E-state index contributed by atoms with van der Waals surface area (Å²) in [5.74, 6) is -3.26. The fraction of sp³-hybridized carbons (Fsp3) is 0.200. The molecular formula is C15H14F2N2O2. The lowest BCUT2D eigenvalue weighted by atomic mass is 10.1. The molecule has 0 aliphatic carbocycles. The predicted molar refractivity (Wildman–Crippen MR) is 74.0 cm³/mol. The summed E-state index contributed by atoms with van der Waals surface area (Å²) in [5, 5.41) is 2.77. The number of hydrogen-bond acceptors (Lipinski definition) is 4. The number of carbonyl (C=O) groups is 1. The number of esters is 1. The molecular weight excluding hydrogens is 278 g/mol. The maximum atomic E-state index is 13.9. The Hall–Kier alpha value is -2.50. The van der Waals surface area contributed by atoms with Crippen LogP contribution >= 0.6 is 0 Å². The number of nitrogens with zero attached hydrogens (tertiary/aromatic N) is 1. The largest absolute Gasteiger partial charge is 0.465 e. The second-order valence-corrected chi connectivity index (χ2v) is 4.44. The van der Waals surface area contributed by atoms with Crippen LogP contribution in [0.4, 0.5) is 14.5 Å². The van der Waals surface area contributed by atoms with Gasteiger partial charge in [0.2, 0.25) is 0 Å². The number of anilines is 1. The predicted octanol–water partition coefficient (Wildman–Crippen LogP) is 3.07. The molecule has 6 heteroatoms. The van der Waals surface area contributed by atoms with Crippen LogP contribution in [0.3, 0.4) is 0 Å². The van der Waals surface area contributed by atoms with Crippen LogP contribution in [0.25, 0.3) is 0 Å². The summed E-state index contributed by atoms with van der Waals surface area (Å²) in [5.41, 5.74) is 1.24. The first kappa shape index (κ1) is 14.9. The Morgan fingerprint density at radius 1 is 1.24 bits per heavy atom. The topological polar surface area (TPSA) is 51.2 Å². The number of carbonyl (C=O) groups excluding carboxylic acids is 1. The molecule has 1 N–H and O–H groups in total. The third kappa shape index (κ3) is 3.34. The van der Waals surface area contributed by atoms with E-state index < -0.39 is 23.2 Å². The first-order valence-electron chi connectivity index (χ1n) is 6.24. The summed E-state index contributed by atoms with van der Waals surface area (Å²) in [6.07, 6.45) is 1.65. The van der Waals surface area contributed by atoms with Gasteiger partial charge in [0.25, 0.3) is 0 Å². The first-order valence-corrected chi connectivity index (χ1v) is 6.24. The number of halogens is 2.